The molecule has 23 heavy (non-hydrogen) atoms. The zero-order valence-corrected chi connectivity index (χ0v) is 16.0. The molecule has 0 aliphatic rings. The van der Waals surface area contributed by atoms with Crippen LogP contribution in [0.5, 0.6) is 0 Å². The highest BCUT2D eigenvalue weighted by atomic mass is 35.6. The van der Waals surface area contributed by atoms with Crippen molar-refractivity contribution >= 4 is 28.8 Å². The third kappa shape index (κ3) is 4.59. The van der Waals surface area contributed by atoms with Crippen LogP contribution in [0.15, 0.2) is 71.9 Å². The first kappa shape index (κ1) is 18.0. The maximum absolute atomic E-state index is 7.35. The van der Waals surface area contributed by atoms with Gasteiger partial charge in [0.25, 0.3) is 0 Å². The summed E-state index contributed by atoms with van der Waals surface area (Å²) in [7, 11) is -2.34. The van der Waals surface area contributed by atoms with E-state index < -0.39 is 7.38 Å². The summed E-state index contributed by atoms with van der Waals surface area (Å²) in [6.07, 6.45) is 8.70. The molecular formula is C21H27ClSi. The minimum atomic E-state index is -2.34. The molecule has 2 aromatic carbocycles. The Bertz CT molecular complexity index is 565. The minimum Gasteiger partial charge on any atom is -0.149 e. The Morgan fingerprint density at radius 3 is 1.87 bits per heavy atom. The predicted octanol–water partition coefficient (Wildman–Crippen LogP) is 5.44. The van der Waals surface area contributed by atoms with E-state index in [4.69, 9.17) is 11.1 Å². The number of unbranched alkanes of at least 4 members (excludes halogenated alkanes) is 4. The molecule has 0 saturated heterocycles. The molecule has 0 aromatic heterocycles. The van der Waals surface area contributed by atoms with E-state index in [9.17, 15) is 0 Å². The van der Waals surface area contributed by atoms with Crippen LogP contribution >= 0.6 is 11.1 Å². The molecule has 0 fully saturated rings. The predicted molar refractivity (Wildman–Crippen MR) is 106 cm³/mol. The fourth-order valence-corrected chi connectivity index (χ4v) is 6.95. The van der Waals surface area contributed by atoms with Crippen LogP contribution < -0.4 is 10.4 Å². The molecule has 0 atom stereocenters. The van der Waals surface area contributed by atoms with Gasteiger partial charge in [-0.1, -0.05) is 98.1 Å². The fourth-order valence-electron chi connectivity index (χ4n) is 2.99. The second kappa shape index (κ2) is 9.10. The number of rotatable bonds is 8. The first-order valence-electron chi connectivity index (χ1n) is 8.66. The van der Waals surface area contributed by atoms with Gasteiger partial charge in [0.2, 0.25) is 7.38 Å². The third-order valence-electron chi connectivity index (χ3n) is 4.39. The molecule has 0 N–H and O–H groups in total. The molecule has 0 heterocycles. The molecule has 2 heteroatoms. The second-order valence-electron chi connectivity index (χ2n) is 6.13. The summed E-state index contributed by atoms with van der Waals surface area (Å²) in [5, 5.41) is 3.90. The number of benzene rings is 2. The summed E-state index contributed by atoms with van der Waals surface area (Å²) in [5.41, 5.74) is 0. The minimum absolute atomic E-state index is 1.13. The normalized spacial score (nSPS) is 12.4. The third-order valence-corrected chi connectivity index (χ3v) is 10.1. The van der Waals surface area contributed by atoms with Crippen LogP contribution in [0.2, 0.25) is 0 Å². The van der Waals surface area contributed by atoms with Gasteiger partial charge in [-0.3, -0.25) is 0 Å². The van der Waals surface area contributed by atoms with Crippen molar-refractivity contribution in [2.24, 2.45) is 0 Å². The van der Waals surface area contributed by atoms with Crippen LogP contribution in [0.25, 0.3) is 0 Å². The first-order valence-corrected chi connectivity index (χ1v) is 11.7. The standard InChI is InChI=1S/C21H27ClSi/c1-3-4-5-6-9-14-19(2)23(22,20-15-10-7-11-16-20)21-17-12-8-13-18-21/h7-8,10-18H,3-6,9H2,1-2H3/b19-14+. The van der Waals surface area contributed by atoms with Crippen LogP contribution in [0.4, 0.5) is 0 Å². The summed E-state index contributed by atoms with van der Waals surface area (Å²) in [6, 6.07) is 21.2. The number of hydrogen-bond donors (Lipinski definition) is 0. The van der Waals surface area contributed by atoms with Gasteiger partial charge in [0, 0.05) is 0 Å². The van der Waals surface area contributed by atoms with Gasteiger partial charge < -0.3 is 0 Å². The van der Waals surface area contributed by atoms with Crippen molar-refractivity contribution in [3.8, 4) is 0 Å². The Morgan fingerprint density at radius 1 is 0.870 bits per heavy atom. The van der Waals surface area contributed by atoms with E-state index in [0.29, 0.717) is 0 Å². The van der Waals surface area contributed by atoms with Gasteiger partial charge in [0.05, 0.1) is 0 Å². The molecule has 0 nitrogen and oxygen atoms in total. The quantitative estimate of drug-likeness (QED) is 0.340. The molecule has 2 aromatic rings. The van der Waals surface area contributed by atoms with Crippen molar-refractivity contribution < 1.29 is 0 Å². The second-order valence-corrected chi connectivity index (χ2v) is 11.1. The Hall–Kier alpha value is -1.31. The summed E-state index contributed by atoms with van der Waals surface area (Å²) in [5.74, 6) is 0. The topological polar surface area (TPSA) is 0 Å². The van der Waals surface area contributed by atoms with Crippen LogP contribution in [0, 0.1) is 0 Å². The van der Waals surface area contributed by atoms with E-state index in [1.165, 1.54) is 41.3 Å². The zero-order chi connectivity index (χ0) is 16.5. The van der Waals surface area contributed by atoms with Crippen molar-refractivity contribution in [3.05, 3.63) is 71.9 Å². The molecule has 0 unspecified atom stereocenters. The van der Waals surface area contributed by atoms with Gasteiger partial charge in [-0.05, 0) is 30.1 Å². The first-order chi connectivity index (χ1) is 11.2. The summed E-state index contributed by atoms with van der Waals surface area (Å²) in [6.45, 7) is 4.47. The van der Waals surface area contributed by atoms with Gasteiger partial charge in [0.15, 0.2) is 0 Å². The summed E-state index contributed by atoms with van der Waals surface area (Å²) >= 11 is 7.35. The van der Waals surface area contributed by atoms with Gasteiger partial charge in [-0.25, -0.2) is 0 Å². The Kier molecular flexibility index (Phi) is 7.13. The van der Waals surface area contributed by atoms with E-state index in [0.717, 1.165) is 6.42 Å². The van der Waals surface area contributed by atoms with Crippen molar-refractivity contribution in [2.75, 3.05) is 0 Å². The average molecular weight is 343 g/mol. The van der Waals surface area contributed by atoms with Crippen molar-refractivity contribution in [2.45, 2.75) is 46.0 Å². The number of hydrogen-bond acceptors (Lipinski definition) is 0. The van der Waals surface area contributed by atoms with Gasteiger partial charge in [-0.15, -0.1) is 11.1 Å². The molecule has 0 aliphatic heterocycles. The maximum atomic E-state index is 7.35. The molecular weight excluding hydrogens is 316 g/mol. The van der Waals surface area contributed by atoms with Crippen LogP contribution in [-0.2, 0) is 0 Å². The van der Waals surface area contributed by atoms with Gasteiger partial charge >= 0.3 is 0 Å². The van der Waals surface area contributed by atoms with Crippen LogP contribution in [0.1, 0.15) is 46.0 Å². The monoisotopic (exact) mass is 342 g/mol. The lowest BCUT2D eigenvalue weighted by Gasteiger charge is -2.27. The van der Waals surface area contributed by atoms with Crippen molar-refractivity contribution in [1.29, 1.82) is 0 Å². The molecule has 0 aliphatic carbocycles. The maximum Gasteiger partial charge on any atom is 0.243 e. The van der Waals surface area contributed by atoms with Crippen molar-refractivity contribution in [1.82, 2.24) is 0 Å². The van der Waals surface area contributed by atoms with Crippen molar-refractivity contribution in [3.63, 3.8) is 0 Å². The Labute approximate surface area is 146 Å². The SMILES string of the molecule is CCCCCC/C=C(\C)[Si](Cl)(c1ccccc1)c1ccccc1. The lowest BCUT2D eigenvalue weighted by atomic mass is 10.1. The fraction of sp³-hybridized carbons (Fsp3) is 0.333. The molecule has 0 radical (unpaired) electrons. The highest BCUT2D eigenvalue weighted by Crippen LogP contribution is 2.21. The smallest absolute Gasteiger partial charge is 0.149 e. The molecule has 0 bridgehead atoms. The molecule has 0 amide bonds. The Morgan fingerprint density at radius 2 is 1.39 bits per heavy atom. The van der Waals surface area contributed by atoms with E-state index >= 15 is 0 Å². The lowest BCUT2D eigenvalue weighted by molar-refractivity contribution is 0.674. The molecule has 2 rings (SSSR count). The highest BCUT2D eigenvalue weighted by Gasteiger charge is 2.37. The van der Waals surface area contributed by atoms with Crippen LogP contribution in [0.3, 0.4) is 0 Å². The number of allylic oxidation sites excluding steroid dienone is 2. The van der Waals surface area contributed by atoms with Crippen LogP contribution in [-0.4, -0.2) is 7.38 Å². The molecule has 0 saturated carbocycles. The van der Waals surface area contributed by atoms with E-state index in [1.54, 1.807) is 0 Å². The Balaban J connectivity index is 2.29. The lowest BCUT2D eigenvalue weighted by Crippen LogP contribution is -2.54. The van der Waals surface area contributed by atoms with E-state index in [2.05, 4.69) is 80.6 Å². The van der Waals surface area contributed by atoms with Gasteiger partial charge in [0.1, 0.15) is 0 Å². The van der Waals surface area contributed by atoms with E-state index in [-0.39, 0.29) is 0 Å². The van der Waals surface area contributed by atoms with Gasteiger partial charge in [-0.2, -0.15) is 0 Å². The largest absolute Gasteiger partial charge is 0.243 e. The van der Waals surface area contributed by atoms with E-state index in [1.807, 2.05) is 0 Å². The zero-order valence-electron chi connectivity index (χ0n) is 14.3. The number of halogens is 1. The molecule has 0 spiro atoms. The molecule has 122 valence electrons. The summed E-state index contributed by atoms with van der Waals surface area (Å²) < 4.78 is 0. The highest BCUT2D eigenvalue weighted by molar-refractivity contribution is 7.37. The summed E-state index contributed by atoms with van der Waals surface area (Å²) in [4.78, 5) is 0. The average Bonchev–Trinajstić information content (AvgIpc) is 2.62.